The summed E-state index contributed by atoms with van der Waals surface area (Å²) in [6.07, 6.45) is 3.85. The monoisotopic (exact) mass is 307 g/mol. The Labute approximate surface area is 133 Å². The highest BCUT2D eigenvalue weighted by molar-refractivity contribution is 6.30. The molecule has 1 N–H and O–H groups in total. The van der Waals surface area contributed by atoms with Crippen molar-refractivity contribution >= 4 is 11.6 Å². The van der Waals surface area contributed by atoms with Gasteiger partial charge in [0.2, 0.25) is 0 Å². The number of hydrogen-bond acceptors (Lipinski definition) is 2. The van der Waals surface area contributed by atoms with Crippen LogP contribution < -0.4 is 5.32 Å². The molecule has 0 saturated carbocycles. The molecular formula is C18H26ClNO. The van der Waals surface area contributed by atoms with E-state index in [0.29, 0.717) is 18.1 Å². The number of rotatable bonds is 4. The third-order valence-corrected chi connectivity index (χ3v) is 5.41. The Morgan fingerprint density at radius 3 is 2.95 bits per heavy atom. The van der Waals surface area contributed by atoms with E-state index < -0.39 is 0 Å². The predicted octanol–water partition coefficient (Wildman–Crippen LogP) is 4.37. The van der Waals surface area contributed by atoms with Gasteiger partial charge in [-0.3, -0.25) is 0 Å². The number of fused-ring (bicyclic) bond motifs is 1. The van der Waals surface area contributed by atoms with Crippen LogP contribution >= 0.6 is 11.6 Å². The normalized spacial score (nSPS) is 30.6. The molecular weight excluding hydrogens is 282 g/mol. The van der Waals surface area contributed by atoms with E-state index in [1.165, 1.54) is 17.5 Å². The van der Waals surface area contributed by atoms with E-state index in [2.05, 4.69) is 38.2 Å². The Hall–Kier alpha value is -0.570. The second-order valence-electron chi connectivity index (χ2n) is 7.22. The van der Waals surface area contributed by atoms with Gasteiger partial charge >= 0.3 is 0 Å². The molecule has 1 aromatic rings. The van der Waals surface area contributed by atoms with Crippen molar-refractivity contribution in [3.8, 4) is 0 Å². The fraction of sp³-hybridized carbons (Fsp3) is 0.667. The molecule has 21 heavy (non-hydrogen) atoms. The van der Waals surface area contributed by atoms with Crippen LogP contribution in [0.4, 0.5) is 0 Å². The summed E-state index contributed by atoms with van der Waals surface area (Å²) in [6.45, 7) is 8.87. The van der Waals surface area contributed by atoms with Crippen LogP contribution in [0, 0.1) is 11.3 Å². The van der Waals surface area contributed by atoms with E-state index in [9.17, 15) is 0 Å². The summed E-state index contributed by atoms with van der Waals surface area (Å²) in [6, 6.07) is 6.74. The SMILES string of the molecule is CCC1OCCC1CNC1c2cc(Cl)ccc2CC1(C)C. The maximum Gasteiger partial charge on any atom is 0.0613 e. The molecule has 1 aliphatic carbocycles. The molecule has 0 spiro atoms. The van der Waals surface area contributed by atoms with Crippen molar-refractivity contribution in [1.29, 1.82) is 0 Å². The van der Waals surface area contributed by atoms with Crippen molar-refractivity contribution in [3.63, 3.8) is 0 Å². The molecule has 0 aromatic heterocycles. The standard InChI is InChI=1S/C18H26ClNO/c1-4-16-13(7-8-21-16)11-20-17-15-9-14(19)6-5-12(15)10-18(17,2)3/h5-6,9,13,16-17,20H,4,7-8,10-11H2,1-3H3. The maximum absolute atomic E-state index is 6.21. The fourth-order valence-electron chi connectivity index (χ4n) is 4.04. The van der Waals surface area contributed by atoms with Gasteiger partial charge in [-0.05, 0) is 53.9 Å². The van der Waals surface area contributed by atoms with Gasteiger partial charge in [0.05, 0.1) is 6.10 Å². The van der Waals surface area contributed by atoms with Crippen LogP contribution in [0.1, 0.15) is 50.8 Å². The van der Waals surface area contributed by atoms with E-state index >= 15 is 0 Å². The first-order valence-corrected chi connectivity index (χ1v) is 8.52. The van der Waals surface area contributed by atoms with Crippen molar-refractivity contribution in [2.24, 2.45) is 11.3 Å². The lowest BCUT2D eigenvalue weighted by Gasteiger charge is -2.30. The van der Waals surface area contributed by atoms with Crippen molar-refractivity contribution in [1.82, 2.24) is 5.32 Å². The summed E-state index contributed by atoms with van der Waals surface area (Å²) in [4.78, 5) is 0. The number of nitrogens with one attached hydrogen (secondary N) is 1. The largest absolute Gasteiger partial charge is 0.378 e. The van der Waals surface area contributed by atoms with Gasteiger partial charge in [0.1, 0.15) is 0 Å². The van der Waals surface area contributed by atoms with Gasteiger partial charge in [0.25, 0.3) is 0 Å². The highest BCUT2D eigenvalue weighted by Crippen LogP contribution is 2.46. The second kappa shape index (κ2) is 5.91. The Kier molecular flexibility index (Phi) is 4.31. The van der Waals surface area contributed by atoms with E-state index in [1.54, 1.807) is 0 Å². The van der Waals surface area contributed by atoms with Gasteiger partial charge in [-0.1, -0.05) is 38.4 Å². The van der Waals surface area contributed by atoms with Gasteiger partial charge in [-0.25, -0.2) is 0 Å². The summed E-state index contributed by atoms with van der Waals surface area (Å²) in [5.41, 5.74) is 3.07. The smallest absolute Gasteiger partial charge is 0.0613 e. The number of halogens is 1. The minimum atomic E-state index is 0.244. The molecule has 2 aliphatic rings. The lowest BCUT2D eigenvalue weighted by Crippen LogP contribution is -2.36. The van der Waals surface area contributed by atoms with Crippen molar-refractivity contribution in [2.45, 2.75) is 52.2 Å². The van der Waals surface area contributed by atoms with E-state index in [-0.39, 0.29) is 5.41 Å². The predicted molar refractivity (Wildman–Crippen MR) is 87.8 cm³/mol. The molecule has 2 nitrogen and oxygen atoms in total. The van der Waals surface area contributed by atoms with Gasteiger partial charge in [0.15, 0.2) is 0 Å². The van der Waals surface area contributed by atoms with E-state index in [4.69, 9.17) is 16.3 Å². The molecule has 1 aliphatic heterocycles. The summed E-state index contributed by atoms with van der Waals surface area (Å²) in [7, 11) is 0. The van der Waals surface area contributed by atoms with Crippen molar-refractivity contribution < 1.29 is 4.74 Å². The molecule has 1 saturated heterocycles. The second-order valence-corrected chi connectivity index (χ2v) is 7.65. The first kappa shape index (κ1) is 15.3. The minimum absolute atomic E-state index is 0.244. The average molecular weight is 308 g/mol. The lowest BCUT2D eigenvalue weighted by molar-refractivity contribution is 0.0851. The summed E-state index contributed by atoms with van der Waals surface area (Å²) in [5, 5.41) is 4.66. The van der Waals surface area contributed by atoms with Gasteiger partial charge in [-0.15, -0.1) is 0 Å². The molecule has 1 fully saturated rings. The van der Waals surface area contributed by atoms with Gasteiger partial charge in [0, 0.05) is 24.2 Å². The van der Waals surface area contributed by atoms with Gasteiger partial charge in [-0.2, -0.15) is 0 Å². The first-order valence-electron chi connectivity index (χ1n) is 8.14. The first-order chi connectivity index (χ1) is 10.0. The molecule has 116 valence electrons. The van der Waals surface area contributed by atoms with Crippen molar-refractivity contribution in [3.05, 3.63) is 34.3 Å². The Bertz CT molecular complexity index is 514. The zero-order valence-electron chi connectivity index (χ0n) is 13.3. The summed E-state index contributed by atoms with van der Waals surface area (Å²) >= 11 is 6.21. The zero-order valence-corrected chi connectivity index (χ0v) is 14.0. The quantitative estimate of drug-likeness (QED) is 0.892. The zero-order chi connectivity index (χ0) is 15.0. The molecule has 0 bridgehead atoms. The van der Waals surface area contributed by atoms with Crippen LogP contribution in [0.2, 0.25) is 5.02 Å². The molecule has 3 atom stereocenters. The molecule has 3 unspecified atom stereocenters. The van der Waals surface area contributed by atoms with Crippen LogP contribution in [-0.2, 0) is 11.2 Å². The van der Waals surface area contributed by atoms with Crippen LogP contribution in [0.5, 0.6) is 0 Å². The lowest BCUT2D eigenvalue weighted by atomic mass is 9.85. The third-order valence-electron chi connectivity index (χ3n) is 5.18. The Balaban J connectivity index is 1.74. The summed E-state index contributed by atoms with van der Waals surface area (Å²) in [5.74, 6) is 0.647. The van der Waals surface area contributed by atoms with Crippen LogP contribution in [-0.4, -0.2) is 19.3 Å². The number of hydrogen-bond donors (Lipinski definition) is 1. The third kappa shape index (κ3) is 2.99. The Morgan fingerprint density at radius 1 is 1.38 bits per heavy atom. The maximum atomic E-state index is 6.21. The molecule has 0 radical (unpaired) electrons. The number of ether oxygens (including phenoxy) is 1. The topological polar surface area (TPSA) is 21.3 Å². The van der Waals surface area contributed by atoms with Crippen LogP contribution in [0.25, 0.3) is 0 Å². The molecule has 3 heteroatoms. The van der Waals surface area contributed by atoms with Crippen molar-refractivity contribution in [2.75, 3.05) is 13.2 Å². The van der Waals surface area contributed by atoms with Crippen LogP contribution in [0.15, 0.2) is 18.2 Å². The highest BCUT2D eigenvalue weighted by atomic mass is 35.5. The molecule has 3 rings (SSSR count). The highest BCUT2D eigenvalue weighted by Gasteiger charge is 2.39. The summed E-state index contributed by atoms with van der Waals surface area (Å²) < 4.78 is 5.81. The van der Waals surface area contributed by atoms with E-state index in [1.807, 2.05) is 6.07 Å². The van der Waals surface area contributed by atoms with E-state index in [0.717, 1.165) is 31.0 Å². The molecule has 0 amide bonds. The fourth-order valence-corrected chi connectivity index (χ4v) is 4.22. The average Bonchev–Trinajstić information content (AvgIpc) is 2.97. The Morgan fingerprint density at radius 2 is 2.19 bits per heavy atom. The van der Waals surface area contributed by atoms with Crippen LogP contribution in [0.3, 0.4) is 0 Å². The number of benzene rings is 1. The molecule has 1 heterocycles. The van der Waals surface area contributed by atoms with Gasteiger partial charge < -0.3 is 10.1 Å². The molecule has 1 aromatic carbocycles. The minimum Gasteiger partial charge on any atom is -0.378 e.